The van der Waals surface area contributed by atoms with Crippen LogP contribution >= 0.6 is 0 Å². The van der Waals surface area contributed by atoms with E-state index in [2.05, 4.69) is 12.2 Å². The minimum Gasteiger partial charge on any atom is -0.341 e. The molecule has 1 aromatic carbocycles. The lowest BCUT2D eigenvalue weighted by Crippen LogP contribution is -2.47. The van der Waals surface area contributed by atoms with Gasteiger partial charge in [0.2, 0.25) is 11.8 Å². The Kier molecular flexibility index (Phi) is 5.12. The third-order valence-corrected chi connectivity index (χ3v) is 4.50. The van der Waals surface area contributed by atoms with Crippen molar-refractivity contribution < 1.29 is 9.59 Å². The Hall–Kier alpha value is -1.84. The fourth-order valence-corrected chi connectivity index (χ4v) is 2.91. The first-order chi connectivity index (χ1) is 10.7. The Labute approximate surface area is 139 Å². The molecule has 0 bridgehead atoms. The van der Waals surface area contributed by atoms with Gasteiger partial charge in [0.1, 0.15) is 0 Å². The molecule has 126 valence electrons. The second-order valence-electron chi connectivity index (χ2n) is 7.63. The predicted octanol–water partition coefficient (Wildman–Crippen LogP) is 3.53. The van der Waals surface area contributed by atoms with E-state index in [0.29, 0.717) is 6.54 Å². The number of nitrogens with one attached hydrogen (secondary N) is 1. The van der Waals surface area contributed by atoms with Crippen LogP contribution in [0.1, 0.15) is 44.7 Å². The lowest BCUT2D eigenvalue weighted by Gasteiger charge is -2.35. The van der Waals surface area contributed by atoms with E-state index in [-0.39, 0.29) is 17.7 Å². The van der Waals surface area contributed by atoms with E-state index < -0.39 is 5.41 Å². The molecule has 2 amide bonds. The second kappa shape index (κ2) is 6.73. The molecule has 1 aliphatic rings. The zero-order valence-corrected chi connectivity index (χ0v) is 14.9. The van der Waals surface area contributed by atoms with Crippen LogP contribution in [0.25, 0.3) is 0 Å². The number of anilines is 1. The molecule has 4 nitrogen and oxygen atoms in total. The van der Waals surface area contributed by atoms with Gasteiger partial charge in [-0.3, -0.25) is 9.59 Å². The molecule has 1 saturated heterocycles. The van der Waals surface area contributed by atoms with Gasteiger partial charge in [0.15, 0.2) is 0 Å². The van der Waals surface area contributed by atoms with Gasteiger partial charge in [0.25, 0.3) is 0 Å². The molecule has 0 unspecified atom stereocenters. The number of hydrogen-bond donors (Lipinski definition) is 1. The second-order valence-corrected chi connectivity index (χ2v) is 7.63. The van der Waals surface area contributed by atoms with Crippen LogP contribution < -0.4 is 5.32 Å². The Morgan fingerprint density at radius 2 is 1.87 bits per heavy atom. The maximum absolute atomic E-state index is 12.5. The summed E-state index contributed by atoms with van der Waals surface area (Å²) in [5, 5.41) is 3.00. The van der Waals surface area contributed by atoms with Gasteiger partial charge >= 0.3 is 0 Å². The predicted molar refractivity (Wildman–Crippen MR) is 93.3 cm³/mol. The molecule has 1 atom stereocenters. The van der Waals surface area contributed by atoms with Crippen molar-refractivity contribution in [1.29, 1.82) is 0 Å². The molecule has 23 heavy (non-hydrogen) atoms. The number of aryl methyl sites for hydroxylation is 2. The summed E-state index contributed by atoms with van der Waals surface area (Å²) in [6, 6.07) is 5.94. The minimum atomic E-state index is -0.396. The van der Waals surface area contributed by atoms with Gasteiger partial charge in [-0.05, 0) is 49.9 Å². The summed E-state index contributed by atoms with van der Waals surface area (Å²) in [7, 11) is 0. The zero-order valence-electron chi connectivity index (χ0n) is 14.9. The van der Waals surface area contributed by atoms with Crippen molar-refractivity contribution >= 4 is 17.5 Å². The van der Waals surface area contributed by atoms with Gasteiger partial charge in [-0.15, -0.1) is 0 Å². The lowest BCUT2D eigenvalue weighted by molar-refractivity contribution is -0.142. The number of likely N-dealkylation sites (tertiary alicyclic amines) is 1. The van der Waals surface area contributed by atoms with E-state index in [1.54, 1.807) is 0 Å². The summed E-state index contributed by atoms with van der Waals surface area (Å²) in [4.78, 5) is 26.8. The van der Waals surface area contributed by atoms with Crippen LogP contribution in [-0.2, 0) is 9.59 Å². The summed E-state index contributed by atoms with van der Waals surface area (Å²) >= 11 is 0. The summed E-state index contributed by atoms with van der Waals surface area (Å²) < 4.78 is 0. The Morgan fingerprint density at radius 1 is 1.17 bits per heavy atom. The first-order valence-electron chi connectivity index (χ1n) is 8.36. The maximum atomic E-state index is 12.5. The van der Waals surface area contributed by atoms with Crippen molar-refractivity contribution in [3.05, 3.63) is 29.3 Å². The molecule has 0 saturated carbocycles. The summed E-state index contributed by atoms with van der Waals surface area (Å²) in [6.07, 6.45) is 1.72. The van der Waals surface area contributed by atoms with Crippen LogP contribution in [0, 0.1) is 25.2 Å². The summed E-state index contributed by atoms with van der Waals surface area (Å²) in [5.41, 5.74) is 2.81. The van der Waals surface area contributed by atoms with Crippen molar-refractivity contribution in [2.45, 2.75) is 47.5 Å². The molecule has 0 aliphatic carbocycles. The third kappa shape index (κ3) is 4.34. The molecule has 1 aliphatic heterocycles. The van der Waals surface area contributed by atoms with Crippen LogP contribution in [0.4, 0.5) is 5.69 Å². The number of hydrogen-bond acceptors (Lipinski definition) is 2. The third-order valence-electron chi connectivity index (χ3n) is 4.50. The fourth-order valence-electron chi connectivity index (χ4n) is 2.91. The van der Waals surface area contributed by atoms with Crippen LogP contribution in [0.15, 0.2) is 18.2 Å². The summed E-state index contributed by atoms with van der Waals surface area (Å²) in [6.45, 7) is 11.1. The summed E-state index contributed by atoms with van der Waals surface area (Å²) in [5.74, 6) is 0.0116. The van der Waals surface area contributed by atoms with Crippen molar-refractivity contribution in [2.75, 3.05) is 18.4 Å². The molecule has 0 spiro atoms. The lowest BCUT2D eigenvalue weighted by atomic mass is 9.91. The highest BCUT2D eigenvalue weighted by Gasteiger charge is 2.33. The molecular formula is C19H28N2O2. The topological polar surface area (TPSA) is 49.4 Å². The van der Waals surface area contributed by atoms with Crippen LogP contribution in [0.2, 0.25) is 0 Å². The normalized spacial score (nSPS) is 18.7. The molecule has 1 fully saturated rings. The molecule has 1 heterocycles. The smallest absolute Gasteiger partial charge is 0.229 e. The van der Waals surface area contributed by atoms with Gasteiger partial charge in [-0.1, -0.05) is 26.8 Å². The number of carbonyl (C=O) groups is 2. The largest absolute Gasteiger partial charge is 0.341 e. The first kappa shape index (κ1) is 17.5. The minimum absolute atomic E-state index is 0.0136. The maximum Gasteiger partial charge on any atom is 0.229 e. The van der Waals surface area contributed by atoms with E-state index in [4.69, 9.17) is 0 Å². The van der Waals surface area contributed by atoms with Crippen molar-refractivity contribution in [2.24, 2.45) is 11.3 Å². The Morgan fingerprint density at radius 3 is 2.48 bits per heavy atom. The number of rotatable bonds is 2. The molecule has 0 aromatic heterocycles. The van der Waals surface area contributed by atoms with Gasteiger partial charge < -0.3 is 10.2 Å². The van der Waals surface area contributed by atoms with E-state index in [1.165, 1.54) is 5.56 Å². The molecular weight excluding hydrogens is 288 g/mol. The van der Waals surface area contributed by atoms with Gasteiger partial charge in [-0.2, -0.15) is 0 Å². The average Bonchev–Trinajstić information content (AvgIpc) is 2.49. The molecule has 4 heteroatoms. The number of benzene rings is 1. The number of carbonyl (C=O) groups excluding carboxylic acids is 2. The van der Waals surface area contributed by atoms with Crippen molar-refractivity contribution in [1.82, 2.24) is 4.90 Å². The monoisotopic (exact) mass is 316 g/mol. The highest BCUT2D eigenvalue weighted by atomic mass is 16.2. The van der Waals surface area contributed by atoms with Crippen molar-refractivity contribution in [3.8, 4) is 0 Å². The fraction of sp³-hybridized carbons (Fsp3) is 0.579. The van der Waals surface area contributed by atoms with Gasteiger partial charge in [0.05, 0.1) is 5.92 Å². The highest BCUT2D eigenvalue weighted by Crippen LogP contribution is 2.24. The highest BCUT2D eigenvalue weighted by molar-refractivity contribution is 5.93. The van der Waals surface area contributed by atoms with Crippen LogP contribution in [0.3, 0.4) is 0 Å². The van der Waals surface area contributed by atoms with Crippen LogP contribution in [-0.4, -0.2) is 29.8 Å². The average molecular weight is 316 g/mol. The number of piperidine rings is 1. The zero-order chi connectivity index (χ0) is 17.2. The van der Waals surface area contributed by atoms with E-state index in [0.717, 1.165) is 30.6 Å². The van der Waals surface area contributed by atoms with Crippen molar-refractivity contribution in [3.63, 3.8) is 0 Å². The molecule has 0 radical (unpaired) electrons. The standard InChI is InChI=1S/C19H28N2O2/c1-13-8-9-16(11-14(13)2)20-17(22)15-7-6-10-21(12-15)18(23)19(3,4)5/h8-9,11,15H,6-7,10,12H2,1-5H3,(H,20,22)/t15-/m1/s1. The quantitative estimate of drug-likeness (QED) is 0.907. The SMILES string of the molecule is Cc1ccc(NC(=O)[C@@H]2CCCN(C(=O)C(C)(C)C)C2)cc1C. The first-order valence-corrected chi connectivity index (χ1v) is 8.36. The van der Waals surface area contributed by atoms with Crippen LogP contribution in [0.5, 0.6) is 0 Å². The van der Waals surface area contributed by atoms with E-state index >= 15 is 0 Å². The number of amides is 2. The molecule has 2 rings (SSSR count). The molecule has 1 aromatic rings. The molecule has 1 N–H and O–H groups in total. The van der Waals surface area contributed by atoms with Gasteiger partial charge in [-0.25, -0.2) is 0 Å². The van der Waals surface area contributed by atoms with E-state index in [1.807, 2.05) is 50.8 Å². The van der Waals surface area contributed by atoms with E-state index in [9.17, 15) is 9.59 Å². The number of nitrogens with zero attached hydrogens (tertiary/aromatic N) is 1. The Bertz CT molecular complexity index is 602. The van der Waals surface area contributed by atoms with Gasteiger partial charge in [0, 0.05) is 24.2 Å². The Balaban J connectivity index is 2.02.